The van der Waals surface area contributed by atoms with Crippen LogP contribution in [0.25, 0.3) is 0 Å². The molecule has 0 saturated heterocycles. The number of hydrogen-bond acceptors (Lipinski definition) is 4. The van der Waals surface area contributed by atoms with E-state index in [0.29, 0.717) is 0 Å². The molecule has 26 heavy (non-hydrogen) atoms. The van der Waals surface area contributed by atoms with E-state index < -0.39 is 0 Å². The molecule has 4 heteroatoms. The van der Waals surface area contributed by atoms with Gasteiger partial charge < -0.3 is 9.80 Å². The fourth-order valence-corrected chi connectivity index (χ4v) is 3.58. The van der Waals surface area contributed by atoms with Crippen LogP contribution in [-0.2, 0) is 13.0 Å². The molecular formula is C22H24N4. The Morgan fingerprint density at radius 3 is 2.69 bits per heavy atom. The van der Waals surface area contributed by atoms with Crippen molar-refractivity contribution in [3.8, 4) is 0 Å². The van der Waals surface area contributed by atoms with Crippen molar-refractivity contribution in [1.82, 2.24) is 9.97 Å². The van der Waals surface area contributed by atoms with Crippen LogP contribution in [0.2, 0.25) is 0 Å². The number of anilines is 3. The van der Waals surface area contributed by atoms with Crippen LogP contribution in [0, 0.1) is 6.92 Å². The summed E-state index contributed by atoms with van der Waals surface area (Å²) >= 11 is 0. The summed E-state index contributed by atoms with van der Waals surface area (Å²) in [6, 6.07) is 19.2. The molecule has 0 spiro atoms. The number of hydrogen-bond donors (Lipinski definition) is 0. The maximum Gasteiger partial charge on any atom is 0.227 e. The third-order valence-corrected chi connectivity index (χ3v) is 4.95. The molecule has 0 radical (unpaired) electrons. The van der Waals surface area contributed by atoms with E-state index in [9.17, 15) is 0 Å². The smallest absolute Gasteiger partial charge is 0.227 e. The minimum atomic E-state index is 0.808. The third kappa shape index (κ3) is 3.27. The van der Waals surface area contributed by atoms with Crippen molar-refractivity contribution in [2.75, 3.05) is 22.9 Å². The van der Waals surface area contributed by atoms with Crippen LogP contribution >= 0.6 is 0 Å². The summed E-state index contributed by atoms with van der Waals surface area (Å²) in [6.07, 6.45) is 2.91. The third-order valence-electron chi connectivity index (χ3n) is 4.95. The SMILES string of the molecule is CCN(c1cccc(C)c1)c1ccnc(N2CCc3ccccc3C2)n1. The van der Waals surface area contributed by atoms with Crippen molar-refractivity contribution in [2.45, 2.75) is 26.8 Å². The molecule has 1 aliphatic rings. The van der Waals surface area contributed by atoms with Crippen LogP contribution in [-0.4, -0.2) is 23.1 Å². The predicted molar refractivity (Wildman–Crippen MR) is 107 cm³/mol. The second kappa shape index (κ2) is 7.16. The van der Waals surface area contributed by atoms with Crippen molar-refractivity contribution in [3.05, 3.63) is 77.5 Å². The number of nitrogens with zero attached hydrogens (tertiary/aromatic N) is 4. The highest BCUT2D eigenvalue weighted by molar-refractivity contribution is 5.61. The van der Waals surface area contributed by atoms with Gasteiger partial charge in [-0.2, -0.15) is 4.98 Å². The van der Waals surface area contributed by atoms with E-state index >= 15 is 0 Å². The monoisotopic (exact) mass is 344 g/mol. The molecule has 132 valence electrons. The average Bonchev–Trinajstić information content (AvgIpc) is 2.68. The summed E-state index contributed by atoms with van der Waals surface area (Å²) in [5.41, 5.74) is 5.23. The Kier molecular flexibility index (Phi) is 4.57. The highest BCUT2D eigenvalue weighted by Crippen LogP contribution is 2.27. The summed E-state index contributed by atoms with van der Waals surface area (Å²) in [5.74, 6) is 1.75. The van der Waals surface area contributed by atoms with Crippen LogP contribution in [0.5, 0.6) is 0 Å². The molecule has 4 rings (SSSR count). The molecule has 0 aliphatic carbocycles. The Balaban J connectivity index is 1.62. The highest BCUT2D eigenvalue weighted by Gasteiger charge is 2.19. The van der Waals surface area contributed by atoms with Gasteiger partial charge in [-0.05, 0) is 55.2 Å². The molecule has 0 fully saturated rings. The van der Waals surface area contributed by atoms with Gasteiger partial charge in [0.15, 0.2) is 0 Å². The van der Waals surface area contributed by atoms with E-state index in [2.05, 4.69) is 77.2 Å². The largest absolute Gasteiger partial charge is 0.336 e. The van der Waals surface area contributed by atoms with Gasteiger partial charge in [-0.1, -0.05) is 36.4 Å². The summed E-state index contributed by atoms with van der Waals surface area (Å²) in [4.78, 5) is 13.9. The fraction of sp³-hybridized carbons (Fsp3) is 0.273. The van der Waals surface area contributed by atoms with Gasteiger partial charge in [-0.25, -0.2) is 4.98 Å². The van der Waals surface area contributed by atoms with Gasteiger partial charge in [0.1, 0.15) is 5.82 Å². The lowest BCUT2D eigenvalue weighted by Crippen LogP contribution is -2.32. The van der Waals surface area contributed by atoms with E-state index in [1.54, 1.807) is 0 Å². The Morgan fingerprint density at radius 1 is 1.04 bits per heavy atom. The van der Waals surface area contributed by atoms with Crippen molar-refractivity contribution in [3.63, 3.8) is 0 Å². The topological polar surface area (TPSA) is 32.3 Å². The van der Waals surface area contributed by atoms with E-state index in [0.717, 1.165) is 37.8 Å². The Labute approximate surface area is 155 Å². The molecule has 0 unspecified atom stereocenters. The van der Waals surface area contributed by atoms with Crippen molar-refractivity contribution >= 4 is 17.5 Å². The first-order valence-corrected chi connectivity index (χ1v) is 9.23. The van der Waals surface area contributed by atoms with Crippen LogP contribution in [0.1, 0.15) is 23.6 Å². The molecule has 3 aromatic rings. The molecule has 4 nitrogen and oxygen atoms in total. The molecule has 1 aliphatic heterocycles. The second-order valence-electron chi connectivity index (χ2n) is 6.74. The maximum absolute atomic E-state index is 4.89. The van der Waals surface area contributed by atoms with Gasteiger partial charge >= 0.3 is 0 Å². The molecule has 0 N–H and O–H groups in total. The molecule has 0 saturated carbocycles. The lowest BCUT2D eigenvalue weighted by Gasteiger charge is -2.30. The van der Waals surface area contributed by atoms with Crippen LogP contribution in [0.3, 0.4) is 0 Å². The first-order chi connectivity index (χ1) is 12.7. The fourth-order valence-electron chi connectivity index (χ4n) is 3.58. The predicted octanol–water partition coefficient (Wildman–Crippen LogP) is 4.51. The van der Waals surface area contributed by atoms with E-state index in [1.807, 2.05) is 12.3 Å². The quantitative estimate of drug-likeness (QED) is 0.697. The zero-order valence-electron chi connectivity index (χ0n) is 15.4. The van der Waals surface area contributed by atoms with Crippen molar-refractivity contribution in [2.24, 2.45) is 0 Å². The zero-order chi connectivity index (χ0) is 17.9. The summed E-state index contributed by atoms with van der Waals surface area (Å²) in [7, 11) is 0. The number of aromatic nitrogens is 2. The lowest BCUT2D eigenvalue weighted by atomic mass is 10.0. The van der Waals surface area contributed by atoms with Gasteiger partial charge in [-0.15, -0.1) is 0 Å². The molecular weight excluding hydrogens is 320 g/mol. The normalized spacial score (nSPS) is 13.4. The van der Waals surface area contributed by atoms with Gasteiger partial charge in [0, 0.05) is 31.5 Å². The van der Waals surface area contributed by atoms with Gasteiger partial charge in [0.2, 0.25) is 5.95 Å². The summed E-state index contributed by atoms with van der Waals surface area (Å²) in [5, 5.41) is 0. The van der Waals surface area contributed by atoms with Crippen molar-refractivity contribution < 1.29 is 0 Å². The molecule has 0 atom stereocenters. The van der Waals surface area contributed by atoms with E-state index in [4.69, 9.17) is 4.98 Å². The lowest BCUT2D eigenvalue weighted by molar-refractivity contribution is 0.707. The van der Waals surface area contributed by atoms with Crippen LogP contribution < -0.4 is 9.80 Å². The summed E-state index contributed by atoms with van der Waals surface area (Å²) in [6.45, 7) is 6.96. The first-order valence-electron chi connectivity index (χ1n) is 9.23. The molecule has 1 aromatic heterocycles. The van der Waals surface area contributed by atoms with E-state index in [1.165, 1.54) is 22.4 Å². The minimum Gasteiger partial charge on any atom is -0.336 e. The number of rotatable bonds is 4. The van der Waals surface area contributed by atoms with Gasteiger partial charge in [-0.3, -0.25) is 0 Å². The first kappa shape index (κ1) is 16.6. The highest BCUT2D eigenvalue weighted by atomic mass is 15.3. The maximum atomic E-state index is 4.89. The van der Waals surface area contributed by atoms with Gasteiger partial charge in [0.05, 0.1) is 0 Å². The Hall–Kier alpha value is -2.88. The van der Waals surface area contributed by atoms with E-state index in [-0.39, 0.29) is 0 Å². The molecule has 2 heterocycles. The Morgan fingerprint density at radius 2 is 1.88 bits per heavy atom. The zero-order valence-corrected chi connectivity index (χ0v) is 15.4. The van der Waals surface area contributed by atoms with Crippen LogP contribution in [0.4, 0.5) is 17.5 Å². The number of aryl methyl sites for hydroxylation is 1. The molecule has 0 bridgehead atoms. The molecule has 2 aromatic carbocycles. The van der Waals surface area contributed by atoms with Gasteiger partial charge in [0.25, 0.3) is 0 Å². The minimum absolute atomic E-state index is 0.808. The number of benzene rings is 2. The Bertz CT molecular complexity index is 906. The molecule has 0 amide bonds. The average molecular weight is 344 g/mol. The number of fused-ring (bicyclic) bond motifs is 1. The van der Waals surface area contributed by atoms with Crippen molar-refractivity contribution in [1.29, 1.82) is 0 Å². The second-order valence-corrected chi connectivity index (χ2v) is 6.74. The van der Waals surface area contributed by atoms with Crippen LogP contribution in [0.15, 0.2) is 60.8 Å². The standard InChI is InChI=1S/C22H24N4/c1-3-26(20-10-6-7-17(2)15-20)21-11-13-23-22(24-21)25-14-12-18-8-4-5-9-19(18)16-25/h4-11,13,15H,3,12,14,16H2,1-2H3. The summed E-state index contributed by atoms with van der Waals surface area (Å²) < 4.78 is 0.